The quantitative estimate of drug-likeness (QED) is 0.392. The Morgan fingerprint density at radius 2 is 1.67 bits per heavy atom. The fraction of sp³-hybridized carbons (Fsp3) is 0.458. The summed E-state index contributed by atoms with van der Waals surface area (Å²) in [6.45, 7) is 11.9. The number of benzene rings is 2. The molecule has 0 amide bonds. The van der Waals surface area contributed by atoms with E-state index in [0.717, 1.165) is 35.2 Å². The molecule has 2 rings (SSSR count). The van der Waals surface area contributed by atoms with Crippen LogP contribution in [-0.2, 0) is 0 Å². The largest absolute Gasteiger partial charge is 1.00 e. The molecular formula is C24H33ClLiO3P. The van der Waals surface area contributed by atoms with Gasteiger partial charge in [0.15, 0.2) is 5.52 Å². The van der Waals surface area contributed by atoms with E-state index in [9.17, 15) is 4.79 Å². The van der Waals surface area contributed by atoms with E-state index in [4.69, 9.17) is 21.1 Å². The van der Waals surface area contributed by atoms with Crippen molar-refractivity contribution in [3.8, 4) is 11.5 Å². The van der Waals surface area contributed by atoms with Crippen molar-refractivity contribution in [2.45, 2.75) is 47.5 Å². The number of halogens is 1. The van der Waals surface area contributed by atoms with E-state index >= 15 is 0 Å². The van der Waals surface area contributed by atoms with Crippen LogP contribution in [0, 0.1) is 18.8 Å². The van der Waals surface area contributed by atoms with Gasteiger partial charge in [0.2, 0.25) is 0 Å². The van der Waals surface area contributed by atoms with Gasteiger partial charge in [-0.1, -0.05) is 51.4 Å². The molecule has 2 aromatic carbocycles. The molecular weight excluding hydrogens is 410 g/mol. The Morgan fingerprint density at radius 3 is 2.27 bits per heavy atom. The zero-order chi connectivity index (χ0) is 21.4. The second-order valence-corrected chi connectivity index (χ2v) is 9.76. The maximum Gasteiger partial charge on any atom is 1.00 e. The molecule has 0 N–H and O–H groups in total. The van der Waals surface area contributed by atoms with Crippen molar-refractivity contribution in [1.29, 1.82) is 0 Å². The van der Waals surface area contributed by atoms with Crippen molar-refractivity contribution < 1.29 is 34.6 Å². The number of hydrogen-bond donors (Lipinski definition) is 0. The summed E-state index contributed by atoms with van der Waals surface area (Å²) in [5.41, 5.74) is 1.51. The molecule has 0 aliphatic rings. The van der Waals surface area contributed by atoms with Gasteiger partial charge in [0.05, 0.1) is 18.2 Å². The van der Waals surface area contributed by atoms with Crippen LogP contribution < -0.4 is 33.6 Å². The Labute approximate surface area is 201 Å². The van der Waals surface area contributed by atoms with Crippen LogP contribution in [0.4, 0.5) is 0 Å². The van der Waals surface area contributed by atoms with E-state index < -0.39 is 0 Å². The van der Waals surface area contributed by atoms with E-state index in [1.165, 1.54) is 0 Å². The third-order valence-corrected chi connectivity index (χ3v) is 6.04. The van der Waals surface area contributed by atoms with E-state index in [1.807, 2.05) is 37.3 Å². The zero-order valence-electron chi connectivity index (χ0n) is 20.0. The third kappa shape index (κ3) is 8.64. The van der Waals surface area contributed by atoms with E-state index in [1.54, 1.807) is 6.07 Å². The molecule has 0 spiro atoms. The van der Waals surface area contributed by atoms with Crippen molar-refractivity contribution in [1.82, 2.24) is 0 Å². The maximum atomic E-state index is 13.0. The first kappa shape index (κ1) is 27.1. The predicted octanol–water partition coefficient (Wildman–Crippen LogP) is 3.76. The smallest absolute Gasteiger partial charge is 1.00 e. The fourth-order valence-electron chi connectivity index (χ4n) is 2.74. The standard InChI is InChI=1S/C24H32ClO3P.Li.H/c1-16(2)11-13-27-19-9-10-22(21(15-19)28-14-12-17(3)4)29-24(26)23-18(5)7-6-8-20(23)25;;/h6-10,15-17,29H,11-14H2,1-5H3;;/q;+1;-1. The average molecular weight is 443 g/mol. The van der Waals surface area contributed by atoms with Crippen LogP contribution in [0.2, 0.25) is 5.02 Å². The summed E-state index contributed by atoms with van der Waals surface area (Å²) in [7, 11) is -0.0561. The van der Waals surface area contributed by atoms with E-state index in [-0.39, 0.29) is 34.4 Å². The van der Waals surface area contributed by atoms with E-state index in [0.29, 0.717) is 35.6 Å². The molecule has 3 nitrogen and oxygen atoms in total. The molecule has 160 valence electrons. The molecule has 0 aromatic heterocycles. The summed E-state index contributed by atoms with van der Waals surface area (Å²) in [5, 5.41) is 1.38. The second kappa shape index (κ2) is 13.4. The summed E-state index contributed by atoms with van der Waals surface area (Å²) in [4.78, 5) is 13.0. The van der Waals surface area contributed by atoms with Gasteiger partial charge in [0, 0.05) is 16.9 Å². The van der Waals surface area contributed by atoms with Gasteiger partial charge in [-0.25, -0.2) is 0 Å². The van der Waals surface area contributed by atoms with Crippen molar-refractivity contribution in [2.24, 2.45) is 11.8 Å². The Bertz CT molecular complexity index is 810. The van der Waals surface area contributed by atoms with Crippen molar-refractivity contribution in [2.75, 3.05) is 13.2 Å². The van der Waals surface area contributed by atoms with Crippen LogP contribution in [-0.4, -0.2) is 18.7 Å². The SMILES string of the molecule is Cc1cccc(Cl)c1C(=O)Pc1ccc(OCCC(C)C)cc1OCCC(C)C.[H-].[Li+]. The Kier molecular flexibility index (Phi) is 12.1. The summed E-state index contributed by atoms with van der Waals surface area (Å²) in [6.07, 6.45) is 1.95. The maximum absolute atomic E-state index is 13.0. The third-order valence-electron chi connectivity index (χ3n) is 4.57. The van der Waals surface area contributed by atoms with Crippen molar-refractivity contribution >= 4 is 31.0 Å². The molecule has 1 unspecified atom stereocenters. The Hall–Kier alpha value is -0.973. The number of hydrogen-bond acceptors (Lipinski definition) is 3. The predicted molar refractivity (Wildman–Crippen MR) is 126 cm³/mol. The van der Waals surface area contributed by atoms with Gasteiger partial charge in [-0.2, -0.15) is 0 Å². The average Bonchev–Trinajstić information content (AvgIpc) is 2.63. The molecule has 0 bridgehead atoms. The molecule has 1 atom stereocenters. The fourth-order valence-corrected chi connectivity index (χ4v) is 4.26. The molecule has 0 heterocycles. The minimum absolute atomic E-state index is 0. The summed E-state index contributed by atoms with van der Waals surface area (Å²) >= 11 is 6.29. The molecule has 0 aliphatic carbocycles. The minimum Gasteiger partial charge on any atom is -1.00 e. The summed E-state index contributed by atoms with van der Waals surface area (Å²) < 4.78 is 11.9. The number of rotatable bonds is 11. The minimum atomic E-state index is -0.0561. The molecule has 0 radical (unpaired) electrons. The first-order valence-corrected chi connectivity index (χ1v) is 11.6. The van der Waals surface area contributed by atoms with Crippen LogP contribution in [0.3, 0.4) is 0 Å². The first-order valence-electron chi connectivity index (χ1n) is 10.2. The number of aryl methyl sites for hydroxylation is 1. The Morgan fingerprint density at radius 1 is 1.03 bits per heavy atom. The normalized spacial score (nSPS) is 11.2. The number of ether oxygens (including phenoxy) is 2. The van der Waals surface area contributed by atoms with Gasteiger partial charge in [-0.05, 0) is 63.9 Å². The molecule has 2 aromatic rings. The van der Waals surface area contributed by atoms with Gasteiger partial charge in [-0.15, -0.1) is 0 Å². The Balaban J connectivity index is 0.00000450. The van der Waals surface area contributed by atoms with Crippen molar-refractivity contribution in [3.05, 3.63) is 52.5 Å². The van der Waals surface area contributed by atoms with Crippen LogP contribution in [0.5, 0.6) is 11.5 Å². The summed E-state index contributed by atoms with van der Waals surface area (Å²) in [6, 6.07) is 11.3. The molecule has 30 heavy (non-hydrogen) atoms. The summed E-state index contributed by atoms with van der Waals surface area (Å²) in [5.74, 6) is 2.65. The van der Waals surface area contributed by atoms with E-state index in [2.05, 4.69) is 27.7 Å². The molecule has 0 saturated carbocycles. The second-order valence-electron chi connectivity index (χ2n) is 8.11. The topological polar surface area (TPSA) is 35.5 Å². The molecule has 6 heteroatoms. The van der Waals surface area contributed by atoms with Gasteiger partial charge in [-0.3, -0.25) is 4.79 Å². The van der Waals surface area contributed by atoms with Crippen LogP contribution in [0.15, 0.2) is 36.4 Å². The van der Waals surface area contributed by atoms with Crippen LogP contribution in [0.1, 0.15) is 57.9 Å². The monoisotopic (exact) mass is 442 g/mol. The van der Waals surface area contributed by atoms with Crippen molar-refractivity contribution in [3.63, 3.8) is 0 Å². The van der Waals surface area contributed by atoms with Gasteiger partial charge in [0.1, 0.15) is 11.5 Å². The molecule has 0 aliphatic heterocycles. The molecule has 0 fully saturated rings. The number of carbonyl (C=O) groups is 1. The van der Waals surface area contributed by atoms with Gasteiger partial charge in [0.25, 0.3) is 0 Å². The van der Waals surface area contributed by atoms with Crippen LogP contribution in [0.25, 0.3) is 0 Å². The molecule has 0 saturated heterocycles. The zero-order valence-corrected chi connectivity index (χ0v) is 20.8. The van der Waals surface area contributed by atoms with Crippen LogP contribution >= 0.6 is 20.2 Å². The van der Waals surface area contributed by atoms with Gasteiger partial charge >= 0.3 is 18.9 Å². The number of carbonyl (C=O) groups excluding carboxylic acids is 1. The first-order chi connectivity index (χ1) is 13.8. The van der Waals surface area contributed by atoms with Gasteiger partial charge < -0.3 is 10.9 Å².